The normalized spacial score (nSPS) is 10.4. The van der Waals surface area contributed by atoms with Gasteiger partial charge in [0, 0.05) is 30.3 Å². The van der Waals surface area contributed by atoms with Crippen molar-refractivity contribution in [1.29, 1.82) is 0 Å². The molecule has 0 radical (unpaired) electrons. The van der Waals surface area contributed by atoms with Crippen molar-refractivity contribution in [1.82, 2.24) is 4.90 Å². The zero-order chi connectivity index (χ0) is 16.7. The molecule has 1 aromatic carbocycles. The summed E-state index contributed by atoms with van der Waals surface area (Å²) in [5.41, 5.74) is 0.0895. The Labute approximate surface area is 129 Å². The minimum absolute atomic E-state index is 0.0900. The van der Waals surface area contributed by atoms with Crippen LogP contribution in [-0.4, -0.2) is 40.9 Å². The van der Waals surface area contributed by atoms with Gasteiger partial charge >= 0.3 is 5.97 Å². The van der Waals surface area contributed by atoms with E-state index in [0.717, 1.165) is 0 Å². The molecule has 7 nitrogen and oxygen atoms in total. The maximum Gasteiger partial charge on any atom is 0.307 e. The van der Waals surface area contributed by atoms with E-state index in [1.165, 1.54) is 29.2 Å². The topological polar surface area (TPSA) is 89.8 Å². The van der Waals surface area contributed by atoms with E-state index >= 15 is 0 Å². The number of nitro groups is 1. The van der Waals surface area contributed by atoms with Crippen LogP contribution in [0.2, 0.25) is 0 Å². The first kappa shape index (κ1) is 17.6. The molecule has 0 aromatic heterocycles. The monoisotopic (exact) mass is 308 g/mol. The molecule has 0 bridgehead atoms. The standard InChI is InChI=1S/C15H20N2O5/c1-4-22-14(18)8-9-16(11(2)3)15(19)12-6-5-7-13(10-12)17(20)21/h5-7,10-11H,4,8-9H2,1-3H3. The van der Waals surface area contributed by atoms with Crippen molar-refractivity contribution in [3.8, 4) is 0 Å². The Morgan fingerprint density at radius 3 is 2.59 bits per heavy atom. The second kappa shape index (κ2) is 8.11. The predicted molar refractivity (Wildman–Crippen MR) is 80.5 cm³/mol. The summed E-state index contributed by atoms with van der Waals surface area (Å²) < 4.78 is 4.84. The van der Waals surface area contributed by atoms with Crippen LogP contribution in [0.15, 0.2) is 24.3 Å². The number of ether oxygens (including phenoxy) is 1. The number of hydrogen-bond acceptors (Lipinski definition) is 5. The van der Waals surface area contributed by atoms with Gasteiger partial charge in [-0.2, -0.15) is 0 Å². The zero-order valence-electron chi connectivity index (χ0n) is 12.9. The van der Waals surface area contributed by atoms with Crippen molar-refractivity contribution < 1.29 is 19.2 Å². The molecule has 0 spiro atoms. The third-order valence-corrected chi connectivity index (χ3v) is 3.05. The van der Waals surface area contributed by atoms with Crippen LogP contribution in [0.4, 0.5) is 5.69 Å². The summed E-state index contributed by atoms with van der Waals surface area (Å²) in [6.45, 7) is 5.85. The molecule has 0 unspecified atom stereocenters. The third-order valence-electron chi connectivity index (χ3n) is 3.05. The number of carbonyl (C=O) groups is 2. The number of esters is 1. The van der Waals surface area contributed by atoms with Gasteiger partial charge in [0.1, 0.15) is 0 Å². The van der Waals surface area contributed by atoms with E-state index in [9.17, 15) is 19.7 Å². The maximum absolute atomic E-state index is 12.5. The first-order chi connectivity index (χ1) is 10.4. The lowest BCUT2D eigenvalue weighted by atomic mass is 10.1. The Morgan fingerprint density at radius 2 is 2.05 bits per heavy atom. The summed E-state index contributed by atoms with van der Waals surface area (Å²) in [6.07, 6.45) is 0.0900. The smallest absolute Gasteiger partial charge is 0.307 e. The molecule has 0 aliphatic heterocycles. The maximum atomic E-state index is 12.5. The number of hydrogen-bond donors (Lipinski definition) is 0. The van der Waals surface area contributed by atoms with Crippen LogP contribution >= 0.6 is 0 Å². The van der Waals surface area contributed by atoms with E-state index in [-0.39, 0.29) is 42.1 Å². The van der Waals surface area contributed by atoms with Gasteiger partial charge in [-0.25, -0.2) is 0 Å². The fourth-order valence-corrected chi connectivity index (χ4v) is 1.96. The second-order valence-corrected chi connectivity index (χ2v) is 4.95. The molecule has 0 aliphatic rings. The quantitative estimate of drug-likeness (QED) is 0.438. The molecule has 120 valence electrons. The zero-order valence-corrected chi connectivity index (χ0v) is 12.9. The highest BCUT2D eigenvalue weighted by Gasteiger charge is 2.21. The van der Waals surface area contributed by atoms with Gasteiger partial charge in [-0.3, -0.25) is 19.7 Å². The number of non-ortho nitro benzene ring substituents is 1. The Balaban J connectivity index is 2.87. The molecular formula is C15H20N2O5. The van der Waals surface area contributed by atoms with Gasteiger partial charge < -0.3 is 9.64 Å². The molecule has 1 rings (SSSR count). The third kappa shape index (κ3) is 4.83. The molecule has 0 fully saturated rings. The number of rotatable bonds is 7. The largest absolute Gasteiger partial charge is 0.466 e. The van der Waals surface area contributed by atoms with E-state index < -0.39 is 4.92 Å². The average molecular weight is 308 g/mol. The first-order valence-corrected chi connectivity index (χ1v) is 7.07. The molecule has 0 heterocycles. The van der Waals surface area contributed by atoms with Crippen LogP contribution in [0.3, 0.4) is 0 Å². The van der Waals surface area contributed by atoms with E-state index in [1.54, 1.807) is 6.92 Å². The lowest BCUT2D eigenvalue weighted by molar-refractivity contribution is -0.384. The summed E-state index contributed by atoms with van der Waals surface area (Å²) in [6, 6.07) is 5.42. The molecule has 0 N–H and O–H groups in total. The summed E-state index contributed by atoms with van der Waals surface area (Å²) >= 11 is 0. The molecule has 1 amide bonds. The molecule has 0 aliphatic carbocycles. The number of nitrogens with zero attached hydrogens (tertiary/aromatic N) is 2. The highest BCUT2D eigenvalue weighted by atomic mass is 16.6. The minimum Gasteiger partial charge on any atom is -0.466 e. The minimum atomic E-state index is -0.547. The van der Waals surface area contributed by atoms with Gasteiger partial charge in [0.15, 0.2) is 0 Å². The molecule has 7 heteroatoms. The summed E-state index contributed by atoms with van der Waals surface area (Å²) in [5.74, 6) is -0.719. The predicted octanol–water partition coefficient (Wildman–Crippen LogP) is 2.40. The summed E-state index contributed by atoms with van der Waals surface area (Å²) in [5, 5.41) is 10.8. The lowest BCUT2D eigenvalue weighted by Gasteiger charge is -2.26. The highest BCUT2D eigenvalue weighted by Crippen LogP contribution is 2.16. The highest BCUT2D eigenvalue weighted by molar-refractivity contribution is 5.95. The molecule has 1 aromatic rings. The van der Waals surface area contributed by atoms with Gasteiger partial charge in [-0.15, -0.1) is 0 Å². The fraction of sp³-hybridized carbons (Fsp3) is 0.467. The summed E-state index contributed by atoms with van der Waals surface area (Å²) in [4.78, 5) is 35.6. The molecule has 0 saturated heterocycles. The molecule has 0 atom stereocenters. The number of benzene rings is 1. The van der Waals surface area contributed by atoms with Crippen molar-refractivity contribution in [2.45, 2.75) is 33.2 Å². The van der Waals surface area contributed by atoms with Crippen molar-refractivity contribution in [2.24, 2.45) is 0 Å². The molecule has 0 saturated carbocycles. The van der Waals surface area contributed by atoms with Gasteiger partial charge in [-0.1, -0.05) is 6.07 Å². The van der Waals surface area contributed by atoms with Crippen LogP contribution in [0.5, 0.6) is 0 Å². The van der Waals surface area contributed by atoms with Crippen LogP contribution in [0.25, 0.3) is 0 Å². The lowest BCUT2D eigenvalue weighted by Crippen LogP contribution is -2.38. The van der Waals surface area contributed by atoms with Crippen LogP contribution in [0.1, 0.15) is 37.6 Å². The van der Waals surface area contributed by atoms with E-state index in [0.29, 0.717) is 6.61 Å². The van der Waals surface area contributed by atoms with Crippen LogP contribution in [-0.2, 0) is 9.53 Å². The Morgan fingerprint density at radius 1 is 1.36 bits per heavy atom. The van der Waals surface area contributed by atoms with Crippen molar-refractivity contribution in [3.05, 3.63) is 39.9 Å². The van der Waals surface area contributed by atoms with Gasteiger partial charge in [0.05, 0.1) is 18.0 Å². The number of nitro benzene ring substituents is 1. The van der Waals surface area contributed by atoms with Crippen LogP contribution < -0.4 is 0 Å². The van der Waals surface area contributed by atoms with Crippen molar-refractivity contribution in [3.63, 3.8) is 0 Å². The van der Waals surface area contributed by atoms with E-state index in [1.807, 2.05) is 13.8 Å². The molecular weight excluding hydrogens is 288 g/mol. The van der Waals surface area contributed by atoms with Gasteiger partial charge in [0.25, 0.3) is 11.6 Å². The Bertz CT molecular complexity index is 557. The average Bonchev–Trinajstić information content (AvgIpc) is 2.47. The van der Waals surface area contributed by atoms with Crippen molar-refractivity contribution >= 4 is 17.6 Å². The Hall–Kier alpha value is -2.44. The Kier molecular flexibility index (Phi) is 6.49. The number of amides is 1. The van der Waals surface area contributed by atoms with Gasteiger partial charge in [0.2, 0.25) is 0 Å². The molecule has 22 heavy (non-hydrogen) atoms. The SMILES string of the molecule is CCOC(=O)CCN(C(=O)c1cccc([N+](=O)[O-])c1)C(C)C. The first-order valence-electron chi connectivity index (χ1n) is 7.07. The fourth-order valence-electron chi connectivity index (χ4n) is 1.96. The second-order valence-electron chi connectivity index (χ2n) is 4.95. The van der Waals surface area contributed by atoms with E-state index in [2.05, 4.69) is 0 Å². The van der Waals surface area contributed by atoms with Crippen molar-refractivity contribution in [2.75, 3.05) is 13.2 Å². The van der Waals surface area contributed by atoms with Crippen LogP contribution in [0, 0.1) is 10.1 Å². The summed E-state index contributed by atoms with van der Waals surface area (Å²) in [7, 11) is 0. The van der Waals surface area contributed by atoms with Gasteiger partial charge in [-0.05, 0) is 26.8 Å². The number of carbonyl (C=O) groups excluding carboxylic acids is 2. The van der Waals surface area contributed by atoms with E-state index in [4.69, 9.17) is 4.74 Å².